The topological polar surface area (TPSA) is 42.7 Å². The van der Waals surface area contributed by atoms with Crippen LogP contribution in [0.2, 0.25) is 0 Å². The molecule has 94 valence electrons. The third-order valence-corrected chi connectivity index (χ3v) is 3.12. The van der Waals surface area contributed by atoms with Gasteiger partial charge in [-0.2, -0.15) is 0 Å². The Kier molecular flexibility index (Phi) is 2.59. The number of nitrogens with zero attached hydrogens (tertiary/aromatic N) is 3. The smallest absolute Gasteiger partial charge is 0.167 e. The summed E-state index contributed by atoms with van der Waals surface area (Å²) in [5.41, 5.74) is 0.155. The second kappa shape index (κ2) is 4.13. The Morgan fingerprint density at radius 2 is 2.17 bits per heavy atom. The van der Waals surface area contributed by atoms with Crippen molar-refractivity contribution in [2.24, 2.45) is 0 Å². The molecule has 0 radical (unpaired) electrons. The van der Waals surface area contributed by atoms with Gasteiger partial charge in [-0.25, -0.2) is 8.78 Å². The van der Waals surface area contributed by atoms with Crippen molar-refractivity contribution in [3.05, 3.63) is 35.7 Å². The highest BCUT2D eigenvalue weighted by atomic mass is 19.1. The third kappa shape index (κ3) is 1.69. The molecule has 1 aromatic heterocycles. The maximum Gasteiger partial charge on any atom is 0.167 e. The van der Waals surface area contributed by atoms with Crippen LogP contribution in [0, 0.1) is 11.6 Å². The highest BCUT2D eigenvalue weighted by molar-refractivity contribution is 5.56. The summed E-state index contributed by atoms with van der Waals surface area (Å²) in [6.45, 7) is 3.37. The van der Waals surface area contributed by atoms with Crippen LogP contribution in [0.25, 0.3) is 11.4 Å². The zero-order chi connectivity index (χ0) is 12.7. The average molecular weight is 250 g/mol. The number of halogens is 2. The van der Waals surface area contributed by atoms with Gasteiger partial charge in [0.1, 0.15) is 17.5 Å². The zero-order valence-electron chi connectivity index (χ0n) is 9.82. The number of rotatable bonds is 1. The monoisotopic (exact) mass is 250 g/mol. The van der Waals surface area contributed by atoms with Crippen molar-refractivity contribution in [1.29, 1.82) is 0 Å². The summed E-state index contributed by atoms with van der Waals surface area (Å²) >= 11 is 0. The van der Waals surface area contributed by atoms with Crippen molar-refractivity contribution >= 4 is 0 Å². The van der Waals surface area contributed by atoms with Crippen LogP contribution in [0.5, 0.6) is 0 Å². The van der Waals surface area contributed by atoms with Gasteiger partial charge in [0, 0.05) is 13.1 Å². The minimum Gasteiger partial charge on any atom is -0.308 e. The van der Waals surface area contributed by atoms with Crippen LogP contribution in [0.15, 0.2) is 18.2 Å². The van der Waals surface area contributed by atoms with E-state index in [1.165, 1.54) is 0 Å². The Hall–Kier alpha value is -1.82. The van der Waals surface area contributed by atoms with Crippen molar-refractivity contribution < 1.29 is 8.78 Å². The molecule has 18 heavy (non-hydrogen) atoms. The lowest BCUT2D eigenvalue weighted by Gasteiger charge is -2.21. The molecule has 3 rings (SSSR count). The fourth-order valence-electron chi connectivity index (χ4n) is 2.21. The van der Waals surface area contributed by atoms with Crippen LogP contribution >= 0.6 is 0 Å². The molecule has 1 aliphatic heterocycles. The van der Waals surface area contributed by atoms with Crippen molar-refractivity contribution in [2.45, 2.75) is 19.5 Å². The minimum absolute atomic E-state index is 0.0663. The molecule has 4 nitrogen and oxygen atoms in total. The molecule has 0 aliphatic carbocycles. The molecular weight excluding hydrogens is 238 g/mol. The van der Waals surface area contributed by atoms with E-state index in [9.17, 15) is 8.78 Å². The van der Waals surface area contributed by atoms with Gasteiger partial charge in [-0.1, -0.05) is 0 Å². The largest absolute Gasteiger partial charge is 0.308 e. The number of hydrogen-bond acceptors (Lipinski definition) is 3. The van der Waals surface area contributed by atoms with Crippen molar-refractivity contribution in [2.75, 3.05) is 6.54 Å². The summed E-state index contributed by atoms with van der Waals surface area (Å²) in [6.07, 6.45) is 0. The second-order valence-corrected chi connectivity index (χ2v) is 4.33. The molecule has 0 fully saturated rings. The molecule has 1 unspecified atom stereocenters. The van der Waals surface area contributed by atoms with E-state index in [1.54, 1.807) is 0 Å². The van der Waals surface area contributed by atoms with Gasteiger partial charge >= 0.3 is 0 Å². The summed E-state index contributed by atoms with van der Waals surface area (Å²) in [7, 11) is 0. The van der Waals surface area contributed by atoms with Gasteiger partial charge in [-0.15, -0.1) is 10.2 Å². The Morgan fingerprint density at radius 1 is 1.33 bits per heavy atom. The van der Waals surface area contributed by atoms with E-state index in [1.807, 2.05) is 11.5 Å². The number of nitrogens with one attached hydrogen (secondary N) is 1. The maximum atomic E-state index is 13.7. The van der Waals surface area contributed by atoms with Gasteiger partial charge in [-0.05, 0) is 25.1 Å². The molecule has 2 aromatic rings. The number of benzene rings is 1. The average Bonchev–Trinajstić information content (AvgIpc) is 2.77. The molecule has 0 amide bonds. The van der Waals surface area contributed by atoms with E-state index in [-0.39, 0.29) is 11.6 Å². The van der Waals surface area contributed by atoms with E-state index in [0.717, 1.165) is 30.6 Å². The number of fused-ring (bicyclic) bond motifs is 1. The first-order chi connectivity index (χ1) is 8.66. The molecule has 1 aliphatic rings. The number of aromatic nitrogens is 3. The van der Waals surface area contributed by atoms with Gasteiger partial charge in [0.25, 0.3) is 0 Å². The summed E-state index contributed by atoms with van der Waals surface area (Å²) < 4.78 is 28.8. The first-order valence-corrected chi connectivity index (χ1v) is 5.78. The van der Waals surface area contributed by atoms with E-state index in [0.29, 0.717) is 12.4 Å². The van der Waals surface area contributed by atoms with Gasteiger partial charge in [0.15, 0.2) is 5.82 Å². The lowest BCUT2D eigenvalue weighted by molar-refractivity contribution is 0.438. The van der Waals surface area contributed by atoms with Crippen LogP contribution in [-0.2, 0) is 6.54 Å². The summed E-state index contributed by atoms with van der Waals surface area (Å²) in [6, 6.07) is 3.42. The van der Waals surface area contributed by atoms with E-state index >= 15 is 0 Å². The van der Waals surface area contributed by atoms with Crippen LogP contribution in [0.1, 0.15) is 18.8 Å². The van der Waals surface area contributed by atoms with Gasteiger partial charge < -0.3 is 9.88 Å². The van der Waals surface area contributed by atoms with E-state index in [2.05, 4.69) is 15.5 Å². The fourth-order valence-corrected chi connectivity index (χ4v) is 2.21. The molecule has 0 spiro atoms. The highest BCUT2D eigenvalue weighted by Gasteiger charge is 2.23. The third-order valence-electron chi connectivity index (χ3n) is 3.12. The predicted molar refractivity (Wildman–Crippen MR) is 61.8 cm³/mol. The summed E-state index contributed by atoms with van der Waals surface area (Å²) in [5, 5.41) is 11.3. The fraction of sp³-hybridized carbons (Fsp3) is 0.333. The predicted octanol–water partition coefficient (Wildman–Crippen LogP) is 1.89. The van der Waals surface area contributed by atoms with E-state index < -0.39 is 11.6 Å². The molecule has 1 aromatic carbocycles. The molecule has 1 atom stereocenters. The second-order valence-electron chi connectivity index (χ2n) is 4.33. The molecular formula is C12H12F2N4. The van der Waals surface area contributed by atoms with Crippen LogP contribution < -0.4 is 5.32 Å². The minimum atomic E-state index is -0.488. The molecule has 1 N–H and O–H groups in total. The standard InChI is InChI=1S/C12H12F2N4/c1-7-11-16-17-12(18(11)5-4-15-7)9-6-8(13)2-3-10(9)14/h2-3,6-7,15H,4-5H2,1H3. The van der Waals surface area contributed by atoms with Gasteiger partial charge in [0.2, 0.25) is 0 Å². The maximum absolute atomic E-state index is 13.7. The molecule has 6 heteroatoms. The van der Waals surface area contributed by atoms with Crippen molar-refractivity contribution in [3.8, 4) is 11.4 Å². The first kappa shape index (κ1) is 11.3. The molecule has 0 saturated carbocycles. The Balaban J connectivity index is 2.15. The van der Waals surface area contributed by atoms with Crippen molar-refractivity contribution in [3.63, 3.8) is 0 Å². The van der Waals surface area contributed by atoms with Crippen LogP contribution in [-0.4, -0.2) is 21.3 Å². The summed E-state index contributed by atoms with van der Waals surface area (Å²) in [4.78, 5) is 0. The van der Waals surface area contributed by atoms with Crippen LogP contribution in [0.4, 0.5) is 8.78 Å². The summed E-state index contributed by atoms with van der Waals surface area (Å²) in [5.74, 6) is 0.166. The zero-order valence-corrected chi connectivity index (χ0v) is 9.82. The highest BCUT2D eigenvalue weighted by Crippen LogP contribution is 2.26. The van der Waals surface area contributed by atoms with Crippen LogP contribution in [0.3, 0.4) is 0 Å². The molecule has 0 saturated heterocycles. The Morgan fingerprint density at radius 3 is 3.00 bits per heavy atom. The normalized spacial score (nSPS) is 18.7. The Labute approximate surface area is 103 Å². The van der Waals surface area contributed by atoms with Crippen molar-refractivity contribution in [1.82, 2.24) is 20.1 Å². The van der Waals surface area contributed by atoms with Gasteiger partial charge in [0.05, 0.1) is 11.6 Å². The molecule has 0 bridgehead atoms. The lowest BCUT2D eigenvalue weighted by Crippen LogP contribution is -2.32. The van der Waals surface area contributed by atoms with Gasteiger partial charge in [-0.3, -0.25) is 0 Å². The SMILES string of the molecule is CC1NCCn2c(-c3cc(F)ccc3F)nnc21. The molecule has 2 heterocycles. The quantitative estimate of drug-likeness (QED) is 0.840. The number of hydrogen-bond donors (Lipinski definition) is 1. The van der Waals surface area contributed by atoms with E-state index in [4.69, 9.17) is 0 Å². The first-order valence-electron chi connectivity index (χ1n) is 5.78. The Bertz CT molecular complexity index is 594. The lowest BCUT2D eigenvalue weighted by atomic mass is 10.1.